The molecule has 0 amide bonds. The number of hydrogen-bond donors (Lipinski definition) is 1. The summed E-state index contributed by atoms with van der Waals surface area (Å²) in [4.78, 5) is 16.0. The minimum Gasteiger partial charge on any atom is -0.493 e. The molecule has 0 bridgehead atoms. The lowest BCUT2D eigenvalue weighted by molar-refractivity contribution is -0.385. The van der Waals surface area contributed by atoms with E-state index in [-0.39, 0.29) is 5.69 Å². The highest BCUT2D eigenvalue weighted by Crippen LogP contribution is 2.59. The van der Waals surface area contributed by atoms with Crippen LogP contribution in [0.2, 0.25) is 0 Å². The van der Waals surface area contributed by atoms with Crippen molar-refractivity contribution in [3.63, 3.8) is 0 Å². The maximum absolute atomic E-state index is 11.8. The van der Waals surface area contributed by atoms with Crippen molar-refractivity contribution in [2.45, 2.75) is 70.0 Å². The van der Waals surface area contributed by atoms with Gasteiger partial charge >= 0.3 is 0 Å². The molecule has 9 rings (SSSR count). The molecule has 2 spiro atoms. The first-order valence-corrected chi connectivity index (χ1v) is 20.1. The molecule has 4 aliphatic heterocycles. The highest BCUT2D eigenvalue weighted by atomic mass is 79.9. The largest absolute Gasteiger partial charge is 0.493 e. The van der Waals surface area contributed by atoms with Gasteiger partial charge in [0.15, 0.2) is 23.0 Å². The Balaban J connectivity index is 1.08. The number of nitro benzene ring substituents is 1. The molecule has 0 aromatic heterocycles. The molecule has 0 saturated heterocycles. The molecule has 0 radical (unpaired) electrons. The van der Waals surface area contributed by atoms with E-state index in [2.05, 4.69) is 133 Å². The second-order valence-electron chi connectivity index (χ2n) is 16.6. The Morgan fingerprint density at radius 1 is 0.707 bits per heavy atom. The lowest BCUT2D eigenvalue weighted by atomic mass is 9.76. The molecule has 2 atom stereocenters. The van der Waals surface area contributed by atoms with Crippen LogP contribution < -0.4 is 34.5 Å². The van der Waals surface area contributed by atoms with Crippen molar-refractivity contribution >= 4 is 50.8 Å². The van der Waals surface area contributed by atoms with E-state index in [0.29, 0.717) is 47.3 Å². The number of rotatable bonds is 7. The zero-order valence-electron chi connectivity index (χ0n) is 33.6. The first kappa shape index (κ1) is 37.6. The Labute approximate surface area is 346 Å². The summed E-state index contributed by atoms with van der Waals surface area (Å²) in [6.07, 6.45) is 8.23. The van der Waals surface area contributed by atoms with Crippen molar-refractivity contribution in [1.29, 1.82) is 0 Å². The van der Waals surface area contributed by atoms with Crippen molar-refractivity contribution in [2.24, 2.45) is 0 Å². The van der Waals surface area contributed by atoms with Crippen molar-refractivity contribution < 1.29 is 23.9 Å². The van der Waals surface area contributed by atoms with Gasteiger partial charge in [0, 0.05) is 57.9 Å². The maximum atomic E-state index is 11.8. The van der Waals surface area contributed by atoms with Crippen LogP contribution in [0.4, 0.5) is 22.7 Å². The lowest BCUT2D eigenvalue weighted by Crippen LogP contribution is -2.59. The van der Waals surface area contributed by atoms with Gasteiger partial charge in [0.05, 0.1) is 36.0 Å². The van der Waals surface area contributed by atoms with Gasteiger partial charge in [0.25, 0.3) is 5.69 Å². The molecule has 58 heavy (non-hydrogen) atoms. The third-order valence-electron chi connectivity index (χ3n) is 12.7. The summed E-state index contributed by atoms with van der Waals surface area (Å²) in [6, 6.07) is 28.4. The molecule has 5 aromatic rings. The zero-order chi connectivity index (χ0) is 40.9. The highest BCUT2D eigenvalue weighted by molar-refractivity contribution is 9.10. The summed E-state index contributed by atoms with van der Waals surface area (Å²) in [5.41, 5.74) is 13.3. The van der Waals surface area contributed by atoms with Gasteiger partial charge in [-0.05, 0) is 112 Å². The highest BCUT2D eigenvalue weighted by Gasteiger charge is 2.60. The van der Waals surface area contributed by atoms with Gasteiger partial charge in [-0.2, -0.15) is 0 Å². The van der Waals surface area contributed by atoms with E-state index in [9.17, 15) is 10.1 Å². The summed E-state index contributed by atoms with van der Waals surface area (Å²) in [6.45, 7) is 12.0. The number of nitrogens with zero attached hydrogens (tertiary/aromatic N) is 3. The van der Waals surface area contributed by atoms with Gasteiger partial charge in [0.1, 0.15) is 0 Å². The molecular formula is C47H45BrN4O6. The first-order chi connectivity index (χ1) is 27.6. The van der Waals surface area contributed by atoms with Crippen LogP contribution in [0.15, 0.2) is 102 Å². The Hall–Kier alpha value is -5.94. The lowest BCUT2D eigenvalue weighted by Gasteiger charge is -2.47. The molecule has 5 aromatic carbocycles. The summed E-state index contributed by atoms with van der Waals surface area (Å²) >= 11 is 3.73. The van der Waals surface area contributed by atoms with Gasteiger partial charge < -0.3 is 34.5 Å². The minimum absolute atomic E-state index is 0.0538. The van der Waals surface area contributed by atoms with Crippen LogP contribution in [-0.2, 0) is 23.9 Å². The summed E-state index contributed by atoms with van der Waals surface area (Å²) in [5.74, 6) is 2.05. The van der Waals surface area contributed by atoms with Crippen LogP contribution in [0.5, 0.6) is 23.0 Å². The minimum atomic E-state index is -0.962. The van der Waals surface area contributed by atoms with Crippen molar-refractivity contribution in [1.82, 2.24) is 0 Å². The number of halogens is 1. The van der Waals surface area contributed by atoms with Gasteiger partial charge in [-0.1, -0.05) is 57.9 Å². The number of ether oxygens (including phenoxy) is 4. The Morgan fingerprint density at radius 2 is 1.21 bits per heavy atom. The Bertz CT molecular complexity index is 2600. The molecule has 296 valence electrons. The molecule has 2 N–H and O–H groups in total. The van der Waals surface area contributed by atoms with Crippen LogP contribution in [0, 0.1) is 17.0 Å². The Kier molecular flexibility index (Phi) is 8.46. The predicted molar refractivity (Wildman–Crippen MR) is 232 cm³/mol. The number of methoxy groups -OCH3 is 2. The molecule has 0 saturated carbocycles. The fourth-order valence-corrected chi connectivity index (χ4v) is 9.81. The topological polar surface area (TPSA) is 113 Å². The fraction of sp³-hybridized carbons (Fsp3) is 0.277. The van der Waals surface area contributed by atoms with Crippen LogP contribution in [0.1, 0.15) is 66.6 Å². The maximum Gasteiger partial charge on any atom is 0.274 e. The monoisotopic (exact) mass is 840 g/mol. The second-order valence-corrected chi connectivity index (χ2v) is 17.6. The number of nitro groups is 1. The number of aryl methyl sites for hydroxylation is 1. The molecule has 0 fully saturated rings. The molecule has 11 heteroatoms. The molecule has 4 aliphatic rings. The van der Waals surface area contributed by atoms with Crippen molar-refractivity contribution in [3.05, 3.63) is 151 Å². The number of nitrogen functional groups attached to an aromatic ring is 1. The van der Waals surface area contributed by atoms with E-state index in [1.165, 1.54) is 24.8 Å². The standard InChI is InChI=1S/C47H45BrN4O6/c1-28-8-14-38-36(20-28)44(2,3)46(19-17-32-22-35(52(53)54)25-41(56-7)43(32)58-46)50(38)26-29-9-11-30(12-10-29)27-51-39-15-13-33(48)23-37(39)45(4,5)47(51)18-16-31-21-34(49)24-40(55-6)42(31)57-47/h8-25H,26-27,49H2,1-7H3. The average molecular weight is 842 g/mol. The van der Waals surface area contributed by atoms with Gasteiger partial charge in [-0.15, -0.1) is 0 Å². The van der Waals surface area contributed by atoms with E-state index in [1.807, 2.05) is 18.2 Å². The number of benzene rings is 5. The quantitative estimate of drug-likeness (QED) is 0.0972. The number of non-ortho nitro benzene ring substituents is 1. The Morgan fingerprint density at radius 3 is 1.74 bits per heavy atom. The molecule has 2 unspecified atom stereocenters. The van der Waals surface area contributed by atoms with E-state index < -0.39 is 27.2 Å². The normalized spacial score (nSPS) is 21.2. The third kappa shape index (κ3) is 5.35. The SMILES string of the molecule is COc1cc([N+](=O)[O-])cc2c1OC1(C=C2)N(Cc2ccc(CN3c4ccc(Br)cc4C(C)(C)C34C=Cc3cc(N)cc(OC)c3O4)cc2)c2ccc(C)cc2C1(C)C. The van der Waals surface area contributed by atoms with Gasteiger partial charge in [0.2, 0.25) is 11.4 Å². The third-order valence-corrected chi connectivity index (χ3v) is 13.1. The number of fused-ring (bicyclic) bond motifs is 4. The molecule has 4 heterocycles. The zero-order valence-corrected chi connectivity index (χ0v) is 35.1. The van der Waals surface area contributed by atoms with Gasteiger partial charge in [-0.3, -0.25) is 10.1 Å². The second kappa shape index (κ2) is 13.0. The van der Waals surface area contributed by atoms with Crippen LogP contribution >= 0.6 is 15.9 Å². The first-order valence-electron chi connectivity index (χ1n) is 19.3. The van der Waals surface area contributed by atoms with Crippen LogP contribution in [0.25, 0.3) is 12.2 Å². The fourth-order valence-electron chi connectivity index (χ4n) is 9.45. The van der Waals surface area contributed by atoms with Crippen LogP contribution in [-0.4, -0.2) is 30.6 Å². The smallest absolute Gasteiger partial charge is 0.274 e. The summed E-state index contributed by atoms with van der Waals surface area (Å²) in [7, 11) is 3.15. The van der Waals surface area contributed by atoms with E-state index >= 15 is 0 Å². The van der Waals surface area contributed by atoms with E-state index in [1.54, 1.807) is 13.2 Å². The number of anilines is 3. The molecule has 0 aliphatic carbocycles. The van der Waals surface area contributed by atoms with Gasteiger partial charge in [-0.25, -0.2) is 0 Å². The number of nitrogens with two attached hydrogens (primary N) is 1. The van der Waals surface area contributed by atoms with Crippen LogP contribution in [0.3, 0.4) is 0 Å². The van der Waals surface area contributed by atoms with E-state index in [0.717, 1.165) is 43.7 Å². The average Bonchev–Trinajstić information content (AvgIpc) is 3.47. The van der Waals surface area contributed by atoms with E-state index in [4.69, 9.17) is 24.7 Å². The molecule has 10 nitrogen and oxygen atoms in total. The van der Waals surface area contributed by atoms with Crippen molar-refractivity contribution in [3.8, 4) is 23.0 Å². The summed E-state index contributed by atoms with van der Waals surface area (Å²) in [5, 5.41) is 11.8. The molecular weight excluding hydrogens is 796 g/mol. The summed E-state index contributed by atoms with van der Waals surface area (Å²) < 4.78 is 26.7. The number of hydrogen-bond acceptors (Lipinski definition) is 9. The predicted octanol–water partition coefficient (Wildman–Crippen LogP) is 10.5. The van der Waals surface area contributed by atoms with Crippen molar-refractivity contribution in [2.75, 3.05) is 29.8 Å².